The molecule has 0 saturated heterocycles. The minimum absolute atomic E-state index is 0.426. The van der Waals surface area contributed by atoms with E-state index in [1.54, 1.807) is 0 Å². The molecule has 1 heteroatoms. The lowest BCUT2D eigenvalue weighted by atomic mass is 9.44. The molecule has 1 nitrogen and oxygen atoms in total. The molecule has 0 N–H and O–H groups in total. The fraction of sp³-hybridized carbons (Fsp3) is 0.963. The van der Waals surface area contributed by atoms with Gasteiger partial charge in [0.2, 0.25) is 0 Å². The van der Waals surface area contributed by atoms with Crippen molar-refractivity contribution in [1.82, 2.24) is 0 Å². The zero-order valence-corrected chi connectivity index (χ0v) is 20.3. The maximum absolute atomic E-state index is 13.2. The van der Waals surface area contributed by atoms with Gasteiger partial charge in [-0.05, 0) is 79.4 Å². The summed E-state index contributed by atoms with van der Waals surface area (Å²) in [6.07, 6.45) is 16.0. The number of hydrogen-bond acceptors (Lipinski definition) is 1. The molecule has 0 aromatic heterocycles. The number of carbonyl (C=O) groups is 1. The molecular formula is C27H50O. The summed E-state index contributed by atoms with van der Waals surface area (Å²) < 4.78 is 0. The molecule has 0 heterocycles. The molecule has 0 amide bonds. The van der Waals surface area contributed by atoms with Gasteiger partial charge in [-0.25, -0.2) is 0 Å². The molecule has 7 unspecified atom stereocenters. The standard InChI is InChI=1S/C23H38O.2C2H6/c1-4-5-8-16-10-11-18-21-19(12-14-23(16,18)3)22(2)13-7-6-9-17(22)15-20(21)24;2*1-2/h16-19,21H,4-15H2,1-3H3;2*1-2H3. The van der Waals surface area contributed by atoms with Crippen molar-refractivity contribution in [2.24, 2.45) is 40.4 Å². The van der Waals surface area contributed by atoms with Gasteiger partial charge in [-0.3, -0.25) is 4.79 Å². The highest BCUT2D eigenvalue weighted by molar-refractivity contribution is 5.83. The number of rotatable bonds is 3. The Bertz CT molecular complexity index is 496. The van der Waals surface area contributed by atoms with Crippen molar-refractivity contribution < 1.29 is 4.79 Å². The Kier molecular flexibility index (Phi) is 8.66. The van der Waals surface area contributed by atoms with Crippen molar-refractivity contribution in [3.63, 3.8) is 0 Å². The predicted octanol–water partition coefficient (Wildman–Crippen LogP) is 8.46. The van der Waals surface area contributed by atoms with Crippen LogP contribution in [0.5, 0.6) is 0 Å². The smallest absolute Gasteiger partial charge is 0.136 e. The van der Waals surface area contributed by atoms with Gasteiger partial charge >= 0.3 is 0 Å². The maximum atomic E-state index is 13.2. The Morgan fingerprint density at radius 3 is 2.21 bits per heavy atom. The van der Waals surface area contributed by atoms with Crippen LogP contribution in [0.3, 0.4) is 0 Å². The van der Waals surface area contributed by atoms with Gasteiger partial charge in [0, 0.05) is 12.3 Å². The minimum atomic E-state index is 0.426. The summed E-state index contributed by atoms with van der Waals surface area (Å²) in [5.74, 6) is 4.14. The zero-order chi connectivity index (χ0) is 20.9. The number of unbranched alkanes of at least 4 members (excludes halogenated alkanes) is 1. The Balaban J connectivity index is 0.000000660. The molecule has 0 aromatic rings. The van der Waals surface area contributed by atoms with Crippen LogP contribution in [-0.2, 0) is 4.79 Å². The Morgan fingerprint density at radius 1 is 0.857 bits per heavy atom. The topological polar surface area (TPSA) is 17.1 Å². The third-order valence-electron chi connectivity index (χ3n) is 9.49. The summed E-state index contributed by atoms with van der Waals surface area (Å²) >= 11 is 0. The second-order valence-electron chi connectivity index (χ2n) is 10.3. The van der Waals surface area contributed by atoms with Gasteiger partial charge in [0.1, 0.15) is 5.78 Å². The van der Waals surface area contributed by atoms with Crippen LogP contribution in [0.2, 0.25) is 0 Å². The highest BCUT2D eigenvalue weighted by Crippen LogP contribution is 2.67. The highest BCUT2D eigenvalue weighted by atomic mass is 16.1. The van der Waals surface area contributed by atoms with Gasteiger partial charge in [-0.2, -0.15) is 0 Å². The molecule has 0 aromatic carbocycles. The van der Waals surface area contributed by atoms with E-state index in [1.807, 2.05) is 27.7 Å². The van der Waals surface area contributed by atoms with Crippen molar-refractivity contribution in [1.29, 1.82) is 0 Å². The summed E-state index contributed by atoms with van der Waals surface area (Å²) in [4.78, 5) is 13.2. The summed E-state index contributed by atoms with van der Waals surface area (Å²) in [6.45, 7) is 15.5. The van der Waals surface area contributed by atoms with Gasteiger partial charge in [-0.1, -0.05) is 74.1 Å². The highest BCUT2D eigenvalue weighted by Gasteiger charge is 2.61. The fourth-order valence-electron chi connectivity index (χ4n) is 7.99. The average Bonchev–Trinajstić information content (AvgIpc) is 3.06. The van der Waals surface area contributed by atoms with Crippen molar-refractivity contribution >= 4 is 5.78 Å². The third-order valence-corrected chi connectivity index (χ3v) is 9.49. The van der Waals surface area contributed by atoms with Crippen molar-refractivity contribution in [3.05, 3.63) is 0 Å². The summed E-state index contributed by atoms with van der Waals surface area (Å²) in [6, 6.07) is 0. The molecule has 4 aliphatic rings. The lowest BCUT2D eigenvalue weighted by Crippen LogP contribution is -2.56. The van der Waals surface area contributed by atoms with E-state index in [-0.39, 0.29) is 0 Å². The Hall–Kier alpha value is -0.330. The van der Waals surface area contributed by atoms with E-state index in [2.05, 4.69) is 20.8 Å². The van der Waals surface area contributed by atoms with E-state index in [1.165, 1.54) is 70.6 Å². The molecule has 4 aliphatic carbocycles. The van der Waals surface area contributed by atoms with Crippen LogP contribution in [0.15, 0.2) is 0 Å². The first kappa shape index (κ1) is 23.9. The quantitative estimate of drug-likeness (QED) is 0.472. The molecule has 28 heavy (non-hydrogen) atoms. The molecular weight excluding hydrogens is 340 g/mol. The first-order chi connectivity index (χ1) is 13.5. The van der Waals surface area contributed by atoms with E-state index < -0.39 is 0 Å². The SMILES string of the molecule is CC.CC.CCCCC1CCC2C3C(=O)CC4CCCCC4(C)C3CCC12C. The monoisotopic (exact) mass is 390 g/mol. The van der Waals surface area contributed by atoms with Gasteiger partial charge in [0.25, 0.3) is 0 Å². The fourth-order valence-corrected chi connectivity index (χ4v) is 7.99. The van der Waals surface area contributed by atoms with Crippen molar-refractivity contribution in [2.45, 2.75) is 126 Å². The van der Waals surface area contributed by atoms with E-state index in [4.69, 9.17) is 0 Å². The Labute approximate surface area is 176 Å². The maximum Gasteiger partial charge on any atom is 0.136 e. The molecule has 0 aliphatic heterocycles. The normalized spacial score (nSPS) is 44.1. The zero-order valence-electron chi connectivity index (χ0n) is 20.3. The summed E-state index contributed by atoms with van der Waals surface area (Å²) in [5, 5.41) is 0. The molecule has 4 saturated carbocycles. The van der Waals surface area contributed by atoms with Crippen LogP contribution in [0.25, 0.3) is 0 Å². The molecule has 0 bridgehead atoms. The number of carbonyl (C=O) groups excluding carboxylic acids is 1. The number of Topliss-reactive ketones (excluding diaryl/α,β-unsaturated/α-hetero) is 1. The van der Waals surface area contributed by atoms with Gasteiger partial charge in [0.05, 0.1) is 0 Å². The molecule has 164 valence electrons. The second-order valence-corrected chi connectivity index (χ2v) is 10.3. The summed E-state index contributed by atoms with van der Waals surface area (Å²) in [5.41, 5.74) is 0.962. The largest absolute Gasteiger partial charge is 0.299 e. The third kappa shape index (κ3) is 3.98. The van der Waals surface area contributed by atoms with E-state index >= 15 is 0 Å². The van der Waals surface area contributed by atoms with Crippen LogP contribution in [0.4, 0.5) is 0 Å². The van der Waals surface area contributed by atoms with Gasteiger partial charge in [-0.15, -0.1) is 0 Å². The van der Waals surface area contributed by atoms with E-state index in [0.717, 1.165) is 12.3 Å². The number of hydrogen-bond donors (Lipinski definition) is 0. The predicted molar refractivity (Wildman–Crippen MR) is 122 cm³/mol. The van der Waals surface area contributed by atoms with E-state index in [0.29, 0.717) is 40.3 Å². The average molecular weight is 391 g/mol. The molecule has 0 spiro atoms. The van der Waals surface area contributed by atoms with Gasteiger partial charge in [0.15, 0.2) is 0 Å². The van der Waals surface area contributed by atoms with Crippen LogP contribution in [0, 0.1) is 40.4 Å². The van der Waals surface area contributed by atoms with Crippen molar-refractivity contribution in [3.8, 4) is 0 Å². The van der Waals surface area contributed by atoms with Crippen molar-refractivity contribution in [2.75, 3.05) is 0 Å². The molecule has 0 radical (unpaired) electrons. The summed E-state index contributed by atoms with van der Waals surface area (Å²) in [7, 11) is 0. The number of fused-ring (bicyclic) bond motifs is 5. The van der Waals surface area contributed by atoms with Gasteiger partial charge < -0.3 is 0 Å². The lowest BCUT2D eigenvalue weighted by molar-refractivity contribution is -0.155. The first-order valence-electron chi connectivity index (χ1n) is 13.0. The minimum Gasteiger partial charge on any atom is -0.299 e. The molecule has 4 fully saturated rings. The number of ketones is 1. The molecule has 4 rings (SSSR count). The second kappa shape index (κ2) is 10.1. The van der Waals surface area contributed by atoms with E-state index in [9.17, 15) is 4.79 Å². The van der Waals surface area contributed by atoms with Crippen LogP contribution >= 0.6 is 0 Å². The van der Waals surface area contributed by atoms with Crippen LogP contribution in [-0.4, -0.2) is 5.78 Å². The first-order valence-corrected chi connectivity index (χ1v) is 13.0. The van der Waals surface area contributed by atoms with Crippen LogP contribution in [0.1, 0.15) is 126 Å². The lowest BCUT2D eigenvalue weighted by Gasteiger charge is -2.59. The Morgan fingerprint density at radius 2 is 1.54 bits per heavy atom. The molecule has 7 atom stereocenters. The van der Waals surface area contributed by atoms with Crippen LogP contribution < -0.4 is 0 Å².